The number of rotatable bonds is 6. The smallest absolute Gasteiger partial charge is 0.225 e. The molecule has 1 aliphatic carbocycles. The normalized spacial score (nSPS) is 20.6. The predicted octanol–water partition coefficient (Wildman–Crippen LogP) is 3.31. The van der Waals surface area contributed by atoms with Crippen molar-refractivity contribution < 1.29 is 9.59 Å². The minimum atomic E-state index is -0.114. The van der Waals surface area contributed by atoms with Crippen LogP contribution in [0.15, 0.2) is 43.0 Å². The van der Waals surface area contributed by atoms with Crippen LogP contribution in [-0.2, 0) is 16.1 Å². The maximum absolute atomic E-state index is 12.8. The molecule has 0 unspecified atom stereocenters. The number of carbonyl (C=O) groups is 2. The minimum absolute atomic E-state index is 0.0478. The van der Waals surface area contributed by atoms with Gasteiger partial charge in [0.2, 0.25) is 11.8 Å². The number of hydrogen-bond donors (Lipinski definition) is 1. The molecule has 154 valence electrons. The van der Waals surface area contributed by atoms with Crippen molar-refractivity contribution in [3.05, 3.63) is 48.5 Å². The van der Waals surface area contributed by atoms with E-state index < -0.39 is 0 Å². The molecule has 2 aliphatic rings. The van der Waals surface area contributed by atoms with Crippen molar-refractivity contribution in [2.24, 2.45) is 11.8 Å². The lowest BCUT2D eigenvalue weighted by Gasteiger charge is -2.35. The van der Waals surface area contributed by atoms with Gasteiger partial charge in [-0.3, -0.25) is 9.59 Å². The average Bonchev–Trinajstić information content (AvgIpc) is 3.29. The lowest BCUT2D eigenvalue weighted by Crippen LogP contribution is -2.47. The first-order valence-corrected chi connectivity index (χ1v) is 10.8. The van der Waals surface area contributed by atoms with E-state index in [1.54, 1.807) is 12.5 Å². The summed E-state index contributed by atoms with van der Waals surface area (Å²) in [6, 6.07) is 8.01. The zero-order valence-corrected chi connectivity index (χ0v) is 16.9. The number of nitrogens with one attached hydrogen (secondary N) is 1. The van der Waals surface area contributed by atoms with Gasteiger partial charge in [0.25, 0.3) is 0 Å². The number of hydrogen-bond acceptors (Lipinski definition) is 3. The molecule has 1 aromatic heterocycles. The molecule has 1 saturated carbocycles. The number of amides is 2. The van der Waals surface area contributed by atoms with Gasteiger partial charge in [-0.05, 0) is 36.8 Å². The number of benzene rings is 1. The molecule has 6 nitrogen and oxygen atoms in total. The highest BCUT2D eigenvalue weighted by molar-refractivity contribution is 5.83. The van der Waals surface area contributed by atoms with Crippen LogP contribution in [0, 0.1) is 11.8 Å². The van der Waals surface area contributed by atoms with Gasteiger partial charge in [-0.1, -0.05) is 37.5 Å². The second-order valence-electron chi connectivity index (χ2n) is 8.35. The molecule has 2 aromatic rings. The van der Waals surface area contributed by atoms with Gasteiger partial charge >= 0.3 is 0 Å². The number of carbonyl (C=O) groups excluding carboxylic acids is 2. The molecule has 1 aromatic carbocycles. The molecule has 1 saturated heterocycles. The Morgan fingerprint density at radius 2 is 1.97 bits per heavy atom. The SMILES string of the molecule is O=C(NCc1ccccc1-n1ccnc1)[C@H]1CCC(=O)N(CC2CCCCC2)C1. The molecular formula is C23H30N4O2. The van der Waals surface area contributed by atoms with Crippen LogP contribution in [0.5, 0.6) is 0 Å². The fraction of sp³-hybridized carbons (Fsp3) is 0.522. The minimum Gasteiger partial charge on any atom is -0.352 e. The third-order valence-corrected chi connectivity index (χ3v) is 6.30. The van der Waals surface area contributed by atoms with Crippen molar-refractivity contribution in [3.63, 3.8) is 0 Å². The first kappa shape index (κ1) is 19.7. The van der Waals surface area contributed by atoms with Gasteiger partial charge in [0.15, 0.2) is 0 Å². The standard InChI is InChI=1S/C23H30N4O2/c28-22-11-10-20(16-27(22)15-18-6-2-1-3-7-18)23(29)25-14-19-8-4-5-9-21(19)26-13-12-24-17-26/h4-5,8-9,12-13,17-18,20H,1-3,6-7,10-11,14-16H2,(H,25,29)/t20-/m0/s1. The monoisotopic (exact) mass is 394 g/mol. The topological polar surface area (TPSA) is 67.2 Å². The molecule has 0 radical (unpaired) electrons. The Labute approximate surface area is 172 Å². The molecular weight excluding hydrogens is 364 g/mol. The van der Waals surface area contributed by atoms with E-state index in [1.807, 2.05) is 39.9 Å². The van der Waals surface area contributed by atoms with Gasteiger partial charge in [0, 0.05) is 38.4 Å². The van der Waals surface area contributed by atoms with Crippen molar-refractivity contribution in [2.45, 2.75) is 51.5 Å². The third-order valence-electron chi connectivity index (χ3n) is 6.30. The van der Waals surface area contributed by atoms with E-state index in [-0.39, 0.29) is 17.7 Å². The van der Waals surface area contributed by atoms with Gasteiger partial charge in [-0.25, -0.2) is 4.98 Å². The van der Waals surface area contributed by atoms with E-state index in [1.165, 1.54) is 32.1 Å². The summed E-state index contributed by atoms with van der Waals surface area (Å²) in [6.45, 7) is 1.86. The summed E-state index contributed by atoms with van der Waals surface area (Å²) in [5.74, 6) is 0.755. The van der Waals surface area contributed by atoms with Crippen LogP contribution in [-0.4, -0.2) is 39.4 Å². The van der Waals surface area contributed by atoms with Crippen molar-refractivity contribution in [1.29, 1.82) is 0 Å². The fourth-order valence-electron chi connectivity index (χ4n) is 4.63. The van der Waals surface area contributed by atoms with E-state index in [2.05, 4.69) is 10.3 Å². The van der Waals surface area contributed by atoms with Gasteiger partial charge < -0.3 is 14.8 Å². The van der Waals surface area contributed by atoms with Crippen LogP contribution < -0.4 is 5.32 Å². The van der Waals surface area contributed by atoms with Crippen LogP contribution in [0.1, 0.15) is 50.5 Å². The highest BCUT2D eigenvalue weighted by Gasteiger charge is 2.31. The first-order chi connectivity index (χ1) is 14.2. The maximum atomic E-state index is 12.8. The second kappa shape index (κ2) is 9.25. The highest BCUT2D eigenvalue weighted by atomic mass is 16.2. The molecule has 1 N–H and O–H groups in total. The van der Waals surface area contributed by atoms with Crippen LogP contribution in [0.2, 0.25) is 0 Å². The molecule has 1 atom stereocenters. The fourth-order valence-corrected chi connectivity index (χ4v) is 4.63. The molecule has 1 aliphatic heterocycles. The average molecular weight is 395 g/mol. The summed E-state index contributed by atoms with van der Waals surface area (Å²) in [4.78, 5) is 31.3. The molecule has 0 bridgehead atoms. The number of nitrogens with zero attached hydrogens (tertiary/aromatic N) is 3. The van der Waals surface area contributed by atoms with Gasteiger partial charge in [0.05, 0.1) is 17.9 Å². The van der Waals surface area contributed by atoms with Crippen molar-refractivity contribution in [1.82, 2.24) is 19.8 Å². The Kier molecular flexibility index (Phi) is 6.27. The van der Waals surface area contributed by atoms with Crippen LogP contribution >= 0.6 is 0 Å². The van der Waals surface area contributed by atoms with Crippen molar-refractivity contribution >= 4 is 11.8 Å². The highest BCUT2D eigenvalue weighted by Crippen LogP contribution is 2.27. The van der Waals surface area contributed by atoms with Gasteiger partial charge in [-0.2, -0.15) is 0 Å². The van der Waals surface area contributed by atoms with Gasteiger partial charge in [0.1, 0.15) is 0 Å². The largest absolute Gasteiger partial charge is 0.352 e. The lowest BCUT2D eigenvalue weighted by atomic mass is 9.87. The first-order valence-electron chi connectivity index (χ1n) is 10.8. The summed E-state index contributed by atoms with van der Waals surface area (Å²) >= 11 is 0. The Balaban J connectivity index is 1.34. The van der Waals surface area contributed by atoms with Crippen molar-refractivity contribution in [3.8, 4) is 5.69 Å². The summed E-state index contributed by atoms with van der Waals surface area (Å²) in [5.41, 5.74) is 2.06. The van der Waals surface area contributed by atoms with E-state index in [0.717, 1.165) is 17.8 Å². The number of para-hydroxylation sites is 1. The molecule has 29 heavy (non-hydrogen) atoms. The number of likely N-dealkylation sites (tertiary alicyclic amines) is 1. The quantitative estimate of drug-likeness (QED) is 0.817. The van der Waals surface area contributed by atoms with E-state index >= 15 is 0 Å². The molecule has 6 heteroatoms. The molecule has 2 heterocycles. The lowest BCUT2D eigenvalue weighted by molar-refractivity contribution is -0.139. The summed E-state index contributed by atoms with van der Waals surface area (Å²) < 4.78 is 1.95. The number of imidazole rings is 1. The zero-order chi connectivity index (χ0) is 20.1. The summed E-state index contributed by atoms with van der Waals surface area (Å²) in [7, 11) is 0. The Morgan fingerprint density at radius 1 is 1.14 bits per heavy atom. The number of piperidine rings is 1. The van der Waals surface area contributed by atoms with E-state index in [0.29, 0.717) is 31.8 Å². The Morgan fingerprint density at radius 3 is 2.76 bits per heavy atom. The Hall–Kier alpha value is -2.63. The zero-order valence-electron chi connectivity index (χ0n) is 16.9. The molecule has 0 spiro atoms. The number of aromatic nitrogens is 2. The predicted molar refractivity (Wildman–Crippen MR) is 111 cm³/mol. The second-order valence-corrected chi connectivity index (χ2v) is 8.35. The Bertz CT molecular complexity index is 827. The van der Waals surface area contributed by atoms with Crippen LogP contribution in [0.25, 0.3) is 5.69 Å². The van der Waals surface area contributed by atoms with Crippen molar-refractivity contribution in [2.75, 3.05) is 13.1 Å². The van der Waals surface area contributed by atoms with Crippen LogP contribution in [0.3, 0.4) is 0 Å². The van der Waals surface area contributed by atoms with E-state index in [4.69, 9.17) is 0 Å². The van der Waals surface area contributed by atoms with E-state index in [9.17, 15) is 9.59 Å². The molecule has 4 rings (SSSR count). The third kappa shape index (κ3) is 4.86. The van der Waals surface area contributed by atoms with Crippen LogP contribution in [0.4, 0.5) is 0 Å². The van der Waals surface area contributed by atoms with Gasteiger partial charge in [-0.15, -0.1) is 0 Å². The molecule has 2 amide bonds. The summed E-state index contributed by atoms with van der Waals surface area (Å²) in [5, 5.41) is 3.10. The molecule has 2 fully saturated rings. The summed E-state index contributed by atoms with van der Waals surface area (Å²) in [6.07, 6.45) is 12.8. The maximum Gasteiger partial charge on any atom is 0.225 e.